The lowest BCUT2D eigenvalue weighted by molar-refractivity contribution is 0.254. The van der Waals surface area contributed by atoms with E-state index in [0.29, 0.717) is 11.4 Å². The third-order valence-electron chi connectivity index (χ3n) is 2.16. The molecule has 0 radical (unpaired) electrons. The molecular formula is C10H14ClNO3S. The Morgan fingerprint density at radius 3 is 2.38 bits per heavy atom. The number of hydrogen-bond acceptors (Lipinski definition) is 3. The Hall–Kier alpha value is -0.620. The largest absolute Gasteiger partial charge is 0.395 e. The molecular weight excluding hydrogens is 250 g/mol. The molecule has 0 heterocycles. The van der Waals surface area contributed by atoms with E-state index in [9.17, 15) is 8.42 Å². The Labute approximate surface area is 100 Å². The minimum Gasteiger partial charge on any atom is -0.395 e. The topological polar surface area (TPSA) is 66.4 Å². The zero-order chi connectivity index (χ0) is 12.2. The van der Waals surface area contributed by atoms with Gasteiger partial charge in [-0.15, -0.1) is 0 Å². The Balaban J connectivity index is 2.89. The number of rotatable bonds is 5. The lowest BCUT2D eigenvalue weighted by atomic mass is 10.3. The van der Waals surface area contributed by atoms with Gasteiger partial charge in [-0.25, -0.2) is 13.1 Å². The number of halogens is 1. The molecule has 0 aliphatic heterocycles. The molecule has 1 rings (SSSR count). The molecule has 1 aromatic carbocycles. The molecule has 0 aromatic heterocycles. The van der Waals surface area contributed by atoms with E-state index < -0.39 is 16.1 Å². The van der Waals surface area contributed by atoms with Crippen LogP contribution < -0.4 is 4.72 Å². The van der Waals surface area contributed by atoms with Crippen molar-refractivity contribution >= 4 is 21.6 Å². The van der Waals surface area contributed by atoms with Crippen molar-refractivity contribution in [2.75, 3.05) is 6.61 Å². The molecule has 0 spiro atoms. The molecule has 0 amide bonds. The summed E-state index contributed by atoms with van der Waals surface area (Å²) in [5.41, 5.74) is 0. The predicted octanol–water partition coefficient (Wildman–Crippen LogP) is 1.39. The number of nitrogens with one attached hydrogen (secondary N) is 1. The Morgan fingerprint density at radius 2 is 1.94 bits per heavy atom. The van der Waals surface area contributed by atoms with Crippen molar-refractivity contribution in [2.24, 2.45) is 0 Å². The molecule has 2 N–H and O–H groups in total. The molecule has 0 bridgehead atoms. The van der Waals surface area contributed by atoms with Crippen LogP contribution in [0.5, 0.6) is 0 Å². The molecule has 4 nitrogen and oxygen atoms in total. The average Bonchev–Trinajstić information content (AvgIpc) is 2.26. The van der Waals surface area contributed by atoms with E-state index in [-0.39, 0.29) is 11.5 Å². The maximum Gasteiger partial charge on any atom is 0.240 e. The van der Waals surface area contributed by atoms with Crippen molar-refractivity contribution in [2.45, 2.75) is 24.3 Å². The standard InChI is InChI=1S/C10H14ClNO3S/c1-2-9(7-13)12-16(14,15)10-5-3-8(11)4-6-10/h3-6,9,12-13H,2,7H2,1H3. The van der Waals surface area contributed by atoms with E-state index in [1.54, 1.807) is 6.92 Å². The zero-order valence-electron chi connectivity index (χ0n) is 8.85. The van der Waals surface area contributed by atoms with Gasteiger partial charge in [0, 0.05) is 11.1 Å². The number of aliphatic hydroxyl groups is 1. The van der Waals surface area contributed by atoms with Crippen molar-refractivity contribution in [1.29, 1.82) is 0 Å². The third-order valence-corrected chi connectivity index (χ3v) is 3.95. The molecule has 90 valence electrons. The summed E-state index contributed by atoms with van der Waals surface area (Å²) < 4.78 is 26.0. The summed E-state index contributed by atoms with van der Waals surface area (Å²) in [6, 6.07) is 5.41. The van der Waals surface area contributed by atoms with Gasteiger partial charge in [-0.3, -0.25) is 0 Å². The minimum absolute atomic E-state index is 0.142. The van der Waals surface area contributed by atoms with Crippen LogP contribution in [0.25, 0.3) is 0 Å². The number of benzene rings is 1. The van der Waals surface area contributed by atoms with Crippen molar-refractivity contribution in [3.8, 4) is 0 Å². The van der Waals surface area contributed by atoms with Gasteiger partial charge in [0.05, 0.1) is 11.5 Å². The van der Waals surface area contributed by atoms with Crippen LogP contribution >= 0.6 is 11.6 Å². The zero-order valence-corrected chi connectivity index (χ0v) is 10.4. The second kappa shape index (κ2) is 5.63. The summed E-state index contributed by atoms with van der Waals surface area (Å²) in [7, 11) is -3.57. The van der Waals surface area contributed by atoms with E-state index in [1.807, 2.05) is 0 Å². The molecule has 1 aromatic rings. The summed E-state index contributed by atoms with van der Waals surface area (Å²) in [6.07, 6.45) is 0.531. The van der Waals surface area contributed by atoms with Crippen LogP contribution in [0.1, 0.15) is 13.3 Å². The van der Waals surface area contributed by atoms with Gasteiger partial charge in [-0.05, 0) is 30.7 Å². The fraction of sp³-hybridized carbons (Fsp3) is 0.400. The molecule has 1 atom stereocenters. The second-order valence-electron chi connectivity index (χ2n) is 3.36. The molecule has 6 heteroatoms. The van der Waals surface area contributed by atoms with Gasteiger partial charge in [0.2, 0.25) is 10.0 Å². The highest BCUT2D eigenvalue weighted by Crippen LogP contribution is 2.14. The minimum atomic E-state index is -3.57. The van der Waals surface area contributed by atoms with Crippen molar-refractivity contribution in [1.82, 2.24) is 4.72 Å². The molecule has 0 aliphatic carbocycles. The highest BCUT2D eigenvalue weighted by molar-refractivity contribution is 7.89. The highest BCUT2D eigenvalue weighted by atomic mass is 35.5. The number of aliphatic hydroxyl groups excluding tert-OH is 1. The first-order valence-electron chi connectivity index (χ1n) is 4.88. The van der Waals surface area contributed by atoms with E-state index in [4.69, 9.17) is 16.7 Å². The van der Waals surface area contributed by atoms with E-state index in [1.165, 1.54) is 24.3 Å². The first-order chi connectivity index (χ1) is 7.49. The Morgan fingerprint density at radius 1 is 1.38 bits per heavy atom. The van der Waals surface area contributed by atoms with E-state index >= 15 is 0 Å². The summed E-state index contributed by atoms with van der Waals surface area (Å²) in [5, 5.41) is 9.41. The third kappa shape index (κ3) is 3.45. The molecule has 0 aliphatic rings. The van der Waals surface area contributed by atoms with Crippen molar-refractivity contribution < 1.29 is 13.5 Å². The molecule has 0 fully saturated rings. The van der Waals surface area contributed by atoms with Crippen LogP contribution in [0.3, 0.4) is 0 Å². The smallest absolute Gasteiger partial charge is 0.240 e. The van der Waals surface area contributed by atoms with Gasteiger partial charge in [0.25, 0.3) is 0 Å². The van der Waals surface area contributed by atoms with Crippen LogP contribution in [0, 0.1) is 0 Å². The maximum absolute atomic E-state index is 11.8. The van der Waals surface area contributed by atoms with Gasteiger partial charge in [0.1, 0.15) is 0 Å². The SMILES string of the molecule is CCC(CO)NS(=O)(=O)c1ccc(Cl)cc1. The lowest BCUT2D eigenvalue weighted by Gasteiger charge is -2.14. The highest BCUT2D eigenvalue weighted by Gasteiger charge is 2.17. The predicted molar refractivity (Wildman–Crippen MR) is 62.9 cm³/mol. The number of sulfonamides is 1. The quantitative estimate of drug-likeness (QED) is 0.844. The van der Waals surface area contributed by atoms with Gasteiger partial charge in [0.15, 0.2) is 0 Å². The summed E-state index contributed by atoms with van der Waals surface area (Å²) >= 11 is 5.67. The first kappa shape index (κ1) is 13.4. The van der Waals surface area contributed by atoms with Crippen LogP contribution in [-0.2, 0) is 10.0 Å². The normalized spacial score (nSPS) is 13.7. The fourth-order valence-corrected chi connectivity index (χ4v) is 2.59. The molecule has 0 saturated heterocycles. The second-order valence-corrected chi connectivity index (χ2v) is 5.51. The molecule has 0 saturated carbocycles. The maximum atomic E-state index is 11.8. The Kier molecular flexibility index (Phi) is 4.73. The summed E-state index contributed by atoms with van der Waals surface area (Å²) in [4.78, 5) is 0.142. The van der Waals surface area contributed by atoms with Crippen molar-refractivity contribution in [3.63, 3.8) is 0 Å². The summed E-state index contributed by atoms with van der Waals surface area (Å²) in [6.45, 7) is 1.58. The van der Waals surface area contributed by atoms with E-state index in [2.05, 4.69) is 4.72 Å². The van der Waals surface area contributed by atoms with Crippen LogP contribution in [0.15, 0.2) is 29.2 Å². The fourth-order valence-electron chi connectivity index (χ4n) is 1.15. The van der Waals surface area contributed by atoms with Gasteiger partial charge >= 0.3 is 0 Å². The molecule has 16 heavy (non-hydrogen) atoms. The van der Waals surface area contributed by atoms with E-state index in [0.717, 1.165) is 0 Å². The first-order valence-corrected chi connectivity index (χ1v) is 6.74. The van der Waals surface area contributed by atoms with Crippen LogP contribution in [-0.4, -0.2) is 26.2 Å². The Bertz CT molecular complexity index is 426. The number of hydrogen-bond donors (Lipinski definition) is 2. The summed E-state index contributed by atoms with van der Waals surface area (Å²) in [5.74, 6) is 0. The molecule has 1 unspecified atom stereocenters. The van der Waals surface area contributed by atoms with Crippen LogP contribution in [0.4, 0.5) is 0 Å². The van der Waals surface area contributed by atoms with Gasteiger partial charge in [-0.2, -0.15) is 0 Å². The van der Waals surface area contributed by atoms with Crippen LogP contribution in [0.2, 0.25) is 5.02 Å². The average molecular weight is 264 g/mol. The lowest BCUT2D eigenvalue weighted by Crippen LogP contribution is -2.36. The van der Waals surface area contributed by atoms with Gasteiger partial charge in [-0.1, -0.05) is 18.5 Å². The van der Waals surface area contributed by atoms with Crippen molar-refractivity contribution in [3.05, 3.63) is 29.3 Å². The monoisotopic (exact) mass is 263 g/mol. The van der Waals surface area contributed by atoms with Gasteiger partial charge < -0.3 is 5.11 Å².